The molecule has 7 nitrogen and oxygen atoms in total. The van der Waals surface area contributed by atoms with Crippen LogP contribution < -0.4 is 10.6 Å². The largest absolute Gasteiger partial charge is 0.343 e. The first kappa shape index (κ1) is 16.9. The SMILES string of the molecule is CN(C)C(=O)c1cc(NC(=O)NC(c2ccccn2)C2CC2)ccn1. The number of urea groups is 1. The summed E-state index contributed by atoms with van der Waals surface area (Å²) < 4.78 is 0. The molecule has 2 aromatic heterocycles. The smallest absolute Gasteiger partial charge is 0.319 e. The summed E-state index contributed by atoms with van der Waals surface area (Å²) in [6, 6.07) is 8.48. The van der Waals surface area contributed by atoms with Crippen molar-refractivity contribution in [2.24, 2.45) is 5.92 Å². The molecule has 130 valence electrons. The number of anilines is 1. The molecule has 0 saturated heterocycles. The van der Waals surface area contributed by atoms with Gasteiger partial charge < -0.3 is 15.5 Å². The molecule has 0 bridgehead atoms. The van der Waals surface area contributed by atoms with Crippen molar-refractivity contribution in [1.29, 1.82) is 0 Å². The van der Waals surface area contributed by atoms with Gasteiger partial charge in [-0.05, 0) is 43.0 Å². The number of aromatic nitrogens is 2. The highest BCUT2D eigenvalue weighted by molar-refractivity contribution is 5.95. The quantitative estimate of drug-likeness (QED) is 0.876. The van der Waals surface area contributed by atoms with Crippen LogP contribution in [-0.4, -0.2) is 40.9 Å². The van der Waals surface area contributed by atoms with Gasteiger partial charge in [-0.25, -0.2) is 4.79 Å². The number of carbonyl (C=O) groups is 2. The second-order valence-corrected chi connectivity index (χ2v) is 6.30. The summed E-state index contributed by atoms with van der Waals surface area (Å²) >= 11 is 0. The molecule has 3 amide bonds. The van der Waals surface area contributed by atoms with E-state index in [2.05, 4.69) is 20.6 Å². The average molecular weight is 339 g/mol. The van der Waals surface area contributed by atoms with Gasteiger partial charge in [-0.2, -0.15) is 0 Å². The highest BCUT2D eigenvalue weighted by Crippen LogP contribution is 2.40. The summed E-state index contributed by atoms with van der Waals surface area (Å²) in [7, 11) is 3.31. The summed E-state index contributed by atoms with van der Waals surface area (Å²) in [4.78, 5) is 34.2. The number of hydrogen-bond acceptors (Lipinski definition) is 4. The summed E-state index contributed by atoms with van der Waals surface area (Å²) in [5, 5.41) is 5.76. The Kier molecular flexibility index (Phi) is 4.92. The summed E-state index contributed by atoms with van der Waals surface area (Å²) in [5.41, 5.74) is 1.66. The molecule has 0 radical (unpaired) electrons. The number of pyridine rings is 2. The van der Waals surface area contributed by atoms with E-state index >= 15 is 0 Å². The van der Waals surface area contributed by atoms with E-state index in [4.69, 9.17) is 0 Å². The molecule has 1 aliphatic carbocycles. The lowest BCUT2D eigenvalue weighted by atomic mass is 10.1. The minimum Gasteiger partial charge on any atom is -0.343 e. The van der Waals surface area contributed by atoms with E-state index in [9.17, 15) is 9.59 Å². The van der Waals surface area contributed by atoms with Crippen LogP contribution in [0, 0.1) is 5.92 Å². The van der Waals surface area contributed by atoms with E-state index in [1.165, 1.54) is 11.1 Å². The Balaban J connectivity index is 1.68. The fourth-order valence-corrected chi connectivity index (χ4v) is 2.59. The zero-order valence-corrected chi connectivity index (χ0v) is 14.3. The molecule has 1 unspecified atom stereocenters. The van der Waals surface area contributed by atoms with Crippen LogP contribution in [0.25, 0.3) is 0 Å². The summed E-state index contributed by atoms with van der Waals surface area (Å²) in [5.74, 6) is 0.206. The molecule has 25 heavy (non-hydrogen) atoms. The summed E-state index contributed by atoms with van der Waals surface area (Å²) in [6.07, 6.45) is 5.40. The third-order valence-electron chi connectivity index (χ3n) is 4.03. The molecule has 0 aromatic carbocycles. The number of amides is 3. The Morgan fingerprint density at radius 3 is 2.60 bits per heavy atom. The van der Waals surface area contributed by atoms with E-state index in [1.807, 2.05) is 18.2 Å². The van der Waals surface area contributed by atoms with Crippen molar-refractivity contribution in [3.8, 4) is 0 Å². The van der Waals surface area contributed by atoms with Crippen molar-refractivity contribution in [3.05, 3.63) is 54.1 Å². The van der Waals surface area contributed by atoms with Crippen molar-refractivity contribution >= 4 is 17.6 Å². The van der Waals surface area contributed by atoms with E-state index in [1.54, 1.807) is 32.4 Å². The molecule has 1 aliphatic rings. The highest BCUT2D eigenvalue weighted by atomic mass is 16.2. The van der Waals surface area contributed by atoms with Gasteiger partial charge >= 0.3 is 6.03 Å². The molecule has 1 fully saturated rings. The number of carbonyl (C=O) groups excluding carboxylic acids is 2. The Hall–Kier alpha value is -2.96. The first-order valence-electron chi connectivity index (χ1n) is 8.21. The maximum Gasteiger partial charge on any atom is 0.319 e. The number of hydrogen-bond donors (Lipinski definition) is 2. The molecule has 2 aromatic rings. The average Bonchev–Trinajstić information content (AvgIpc) is 3.45. The molecular weight excluding hydrogens is 318 g/mol. The van der Waals surface area contributed by atoms with Crippen molar-refractivity contribution in [2.75, 3.05) is 19.4 Å². The third-order valence-corrected chi connectivity index (χ3v) is 4.03. The molecule has 2 N–H and O–H groups in total. The predicted octanol–water partition coefficient (Wildman–Crippen LogP) is 2.45. The van der Waals surface area contributed by atoms with Crippen LogP contribution in [0.2, 0.25) is 0 Å². The fourth-order valence-electron chi connectivity index (χ4n) is 2.59. The maximum absolute atomic E-state index is 12.4. The molecule has 7 heteroatoms. The number of nitrogens with one attached hydrogen (secondary N) is 2. The minimum atomic E-state index is -0.322. The Labute approximate surface area is 146 Å². The van der Waals surface area contributed by atoms with Gasteiger partial charge in [0.25, 0.3) is 5.91 Å². The molecule has 0 spiro atoms. The summed E-state index contributed by atoms with van der Waals surface area (Å²) in [6.45, 7) is 0. The van der Waals surface area contributed by atoms with Gasteiger partial charge in [-0.1, -0.05) is 6.07 Å². The molecule has 3 rings (SSSR count). The van der Waals surface area contributed by atoms with Crippen LogP contribution in [0.4, 0.5) is 10.5 Å². The van der Waals surface area contributed by atoms with E-state index in [0.717, 1.165) is 18.5 Å². The van der Waals surface area contributed by atoms with E-state index < -0.39 is 0 Å². The molecule has 1 atom stereocenters. The first-order valence-corrected chi connectivity index (χ1v) is 8.21. The third kappa shape index (κ3) is 4.32. The van der Waals surface area contributed by atoms with Crippen molar-refractivity contribution in [3.63, 3.8) is 0 Å². The van der Waals surface area contributed by atoms with Crippen molar-refractivity contribution in [1.82, 2.24) is 20.2 Å². The maximum atomic E-state index is 12.4. The Bertz CT molecular complexity index is 759. The topological polar surface area (TPSA) is 87.2 Å². The van der Waals surface area contributed by atoms with Crippen molar-refractivity contribution < 1.29 is 9.59 Å². The van der Waals surface area contributed by atoms with Gasteiger partial charge in [0.05, 0.1) is 11.7 Å². The predicted molar refractivity (Wildman–Crippen MR) is 94.1 cm³/mol. The first-order chi connectivity index (χ1) is 12.0. The normalized spacial score (nSPS) is 14.5. The standard InChI is InChI=1S/C18H21N5O2/c1-23(2)17(24)15-11-13(8-10-20-15)21-18(25)22-16(12-6-7-12)14-5-3-4-9-19-14/h3-5,8-12,16H,6-7H2,1-2H3,(H2,20,21,22,25). The zero-order valence-electron chi connectivity index (χ0n) is 14.3. The van der Waals surface area contributed by atoms with Crippen LogP contribution in [-0.2, 0) is 0 Å². The van der Waals surface area contributed by atoms with E-state index in [-0.39, 0.29) is 23.7 Å². The van der Waals surface area contributed by atoms with Crippen LogP contribution in [0.5, 0.6) is 0 Å². The second-order valence-electron chi connectivity index (χ2n) is 6.30. The zero-order chi connectivity index (χ0) is 17.8. The van der Waals surface area contributed by atoms with E-state index in [0.29, 0.717) is 11.6 Å². The van der Waals surface area contributed by atoms with Crippen LogP contribution in [0.3, 0.4) is 0 Å². The van der Waals surface area contributed by atoms with Gasteiger partial charge in [-0.15, -0.1) is 0 Å². The molecular formula is C18H21N5O2. The lowest BCUT2D eigenvalue weighted by molar-refractivity contribution is 0.0822. The lowest BCUT2D eigenvalue weighted by Crippen LogP contribution is -2.34. The van der Waals surface area contributed by atoms with Crippen LogP contribution in [0.15, 0.2) is 42.7 Å². The number of nitrogens with zero attached hydrogens (tertiary/aromatic N) is 3. The monoisotopic (exact) mass is 339 g/mol. The van der Waals surface area contributed by atoms with Gasteiger partial charge in [0, 0.05) is 32.2 Å². The number of rotatable bonds is 5. The Morgan fingerprint density at radius 1 is 1.16 bits per heavy atom. The lowest BCUT2D eigenvalue weighted by Gasteiger charge is -2.18. The van der Waals surface area contributed by atoms with Gasteiger partial charge in [-0.3, -0.25) is 14.8 Å². The Morgan fingerprint density at radius 2 is 1.96 bits per heavy atom. The van der Waals surface area contributed by atoms with Gasteiger partial charge in [0.1, 0.15) is 5.69 Å². The van der Waals surface area contributed by atoms with Crippen LogP contribution in [0.1, 0.15) is 35.1 Å². The molecule has 1 saturated carbocycles. The second kappa shape index (κ2) is 7.29. The minimum absolute atomic E-state index is 0.106. The van der Waals surface area contributed by atoms with Crippen molar-refractivity contribution in [2.45, 2.75) is 18.9 Å². The molecule has 0 aliphatic heterocycles. The van der Waals surface area contributed by atoms with Gasteiger partial charge in [0.2, 0.25) is 0 Å². The van der Waals surface area contributed by atoms with Gasteiger partial charge in [0.15, 0.2) is 0 Å². The fraction of sp³-hybridized carbons (Fsp3) is 0.333. The molecule has 2 heterocycles. The van der Waals surface area contributed by atoms with Crippen LogP contribution >= 0.6 is 0 Å². The highest BCUT2D eigenvalue weighted by Gasteiger charge is 2.34.